The van der Waals surface area contributed by atoms with E-state index >= 15 is 0 Å². The van der Waals surface area contributed by atoms with Gasteiger partial charge in [-0.3, -0.25) is 10.4 Å². The number of hydrogen-bond donors (Lipinski definition) is 2. The number of rotatable bonds is 9. The second-order valence-electron chi connectivity index (χ2n) is 10.2. The van der Waals surface area contributed by atoms with Gasteiger partial charge in [0.25, 0.3) is 0 Å². The van der Waals surface area contributed by atoms with E-state index in [-0.39, 0.29) is 0 Å². The summed E-state index contributed by atoms with van der Waals surface area (Å²) in [5, 5.41) is 1.78. The molecule has 0 bridgehead atoms. The molecule has 2 aromatic carbocycles. The van der Waals surface area contributed by atoms with Crippen LogP contribution in [0.25, 0.3) is 22.6 Å². The van der Waals surface area contributed by atoms with E-state index in [1.807, 2.05) is 24.3 Å². The molecule has 2 atom stereocenters. The Morgan fingerprint density at radius 1 is 0.974 bits per heavy atom. The molecule has 39 heavy (non-hydrogen) atoms. The average molecular weight is 531 g/mol. The highest BCUT2D eigenvalue weighted by Crippen LogP contribution is 2.39. The predicted octanol–water partition coefficient (Wildman–Crippen LogP) is 4.31. The Morgan fingerprint density at radius 2 is 1.77 bits per heavy atom. The van der Waals surface area contributed by atoms with Gasteiger partial charge < -0.3 is 9.64 Å². The van der Waals surface area contributed by atoms with Crippen LogP contribution in [0.2, 0.25) is 0 Å². The Labute approximate surface area is 224 Å². The van der Waals surface area contributed by atoms with Gasteiger partial charge in [0, 0.05) is 23.7 Å². The molecule has 200 valence electrons. The first-order valence-corrected chi connectivity index (χ1v) is 12.7. The minimum absolute atomic E-state index is 0.312. The summed E-state index contributed by atoms with van der Waals surface area (Å²) in [5.74, 6) is 2.27. The number of halogens is 2. The Bertz CT molecular complexity index is 1460. The topological polar surface area (TPSA) is 91.3 Å². The molecule has 1 aliphatic carbocycles. The van der Waals surface area contributed by atoms with Crippen LogP contribution in [-0.2, 0) is 6.54 Å². The van der Waals surface area contributed by atoms with Crippen LogP contribution in [-0.4, -0.2) is 52.1 Å². The lowest BCUT2D eigenvalue weighted by Crippen LogP contribution is -2.35. The highest BCUT2D eigenvalue weighted by Gasteiger charge is 2.37. The lowest BCUT2D eigenvalue weighted by molar-refractivity contribution is 0.279. The fourth-order valence-corrected chi connectivity index (χ4v) is 4.73. The second kappa shape index (κ2) is 10.5. The first-order valence-electron chi connectivity index (χ1n) is 12.7. The molecule has 11 heteroatoms. The van der Waals surface area contributed by atoms with Gasteiger partial charge in [0.15, 0.2) is 23.2 Å². The third-order valence-corrected chi connectivity index (χ3v) is 6.76. The number of benzene rings is 2. The van der Waals surface area contributed by atoms with Crippen molar-refractivity contribution in [2.75, 3.05) is 37.7 Å². The van der Waals surface area contributed by atoms with Gasteiger partial charge in [0.05, 0.1) is 37.4 Å². The van der Waals surface area contributed by atoms with E-state index in [9.17, 15) is 8.78 Å². The Morgan fingerprint density at radius 3 is 2.54 bits per heavy atom. The van der Waals surface area contributed by atoms with Crippen molar-refractivity contribution in [3.63, 3.8) is 0 Å². The monoisotopic (exact) mass is 530 g/mol. The molecule has 0 amide bonds. The van der Waals surface area contributed by atoms with Crippen LogP contribution < -0.4 is 20.7 Å². The van der Waals surface area contributed by atoms with E-state index < -0.39 is 11.6 Å². The van der Waals surface area contributed by atoms with Crippen molar-refractivity contribution < 1.29 is 13.5 Å². The molecule has 2 aliphatic rings. The van der Waals surface area contributed by atoms with E-state index in [1.165, 1.54) is 24.8 Å². The van der Waals surface area contributed by atoms with Gasteiger partial charge in [-0.25, -0.2) is 28.7 Å². The SMILES string of the molecule is CN(C)C[C@H]1C[C@@H]1COc1cnc(-c2cccc(CN3NNc4ncc(-c5cc(F)cc(F)c5)nc43)c2)nc1. The van der Waals surface area contributed by atoms with Gasteiger partial charge in [-0.05, 0) is 56.1 Å². The summed E-state index contributed by atoms with van der Waals surface area (Å²) in [6.45, 7) is 2.23. The number of aromatic nitrogens is 4. The molecule has 2 N–H and O–H groups in total. The van der Waals surface area contributed by atoms with Crippen molar-refractivity contribution in [3.8, 4) is 28.4 Å². The lowest BCUT2D eigenvalue weighted by Gasteiger charge is -2.17. The van der Waals surface area contributed by atoms with Crippen LogP contribution in [0.3, 0.4) is 0 Å². The minimum Gasteiger partial charge on any atom is -0.490 e. The standard InChI is InChI=1S/C28H28F2N8O/c1-37(2)15-20-7-21(20)16-39-24-11-31-26(32-12-24)18-5-3-4-17(6-18)14-38-28-27(35-36-38)33-13-25(34-28)19-8-22(29)10-23(30)9-19/h3-6,8-13,20-21,36H,7,14-16H2,1-2H3,(H,33,35)/t20-,21-/m1/s1. The molecule has 3 heterocycles. The molecule has 0 spiro atoms. The van der Waals surface area contributed by atoms with E-state index in [1.54, 1.807) is 17.4 Å². The zero-order valence-corrected chi connectivity index (χ0v) is 21.6. The highest BCUT2D eigenvalue weighted by atomic mass is 19.1. The molecular weight excluding hydrogens is 502 g/mol. The molecule has 4 aromatic rings. The first-order chi connectivity index (χ1) is 18.9. The zero-order valence-electron chi connectivity index (χ0n) is 21.6. The van der Waals surface area contributed by atoms with Crippen molar-refractivity contribution in [2.45, 2.75) is 13.0 Å². The third kappa shape index (κ3) is 5.79. The van der Waals surface area contributed by atoms with E-state index in [0.717, 1.165) is 23.7 Å². The smallest absolute Gasteiger partial charge is 0.190 e. The largest absolute Gasteiger partial charge is 0.490 e. The van der Waals surface area contributed by atoms with Crippen molar-refractivity contribution in [3.05, 3.63) is 78.3 Å². The summed E-state index contributed by atoms with van der Waals surface area (Å²) < 4.78 is 33.4. The molecule has 9 nitrogen and oxygen atoms in total. The Hall–Kier alpha value is -4.22. The molecule has 6 rings (SSSR count). The molecule has 0 unspecified atom stereocenters. The van der Waals surface area contributed by atoms with Crippen LogP contribution >= 0.6 is 0 Å². The van der Waals surface area contributed by atoms with Gasteiger partial charge in [-0.1, -0.05) is 18.2 Å². The number of nitrogens with zero attached hydrogens (tertiary/aromatic N) is 6. The molecular formula is C28H28F2N8O. The third-order valence-electron chi connectivity index (χ3n) is 6.76. The fraction of sp³-hybridized carbons (Fsp3) is 0.286. The predicted molar refractivity (Wildman–Crippen MR) is 143 cm³/mol. The first kappa shape index (κ1) is 25.1. The van der Waals surface area contributed by atoms with Crippen LogP contribution in [0, 0.1) is 23.5 Å². The molecule has 1 aliphatic heterocycles. The van der Waals surface area contributed by atoms with E-state index in [4.69, 9.17) is 4.74 Å². The van der Waals surface area contributed by atoms with Gasteiger partial charge in [-0.2, -0.15) is 0 Å². The van der Waals surface area contributed by atoms with Crippen LogP contribution in [0.15, 0.2) is 61.1 Å². The Kier molecular flexibility index (Phi) is 6.76. The van der Waals surface area contributed by atoms with Crippen molar-refractivity contribution in [1.82, 2.24) is 30.4 Å². The minimum atomic E-state index is -0.671. The zero-order chi connectivity index (χ0) is 26.9. The van der Waals surface area contributed by atoms with Crippen molar-refractivity contribution in [2.24, 2.45) is 11.8 Å². The summed E-state index contributed by atoms with van der Waals surface area (Å²) >= 11 is 0. The van der Waals surface area contributed by atoms with Gasteiger partial charge in [0.2, 0.25) is 0 Å². The summed E-state index contributed by atoms with van der Waals surface area (Å²) in [5.41, 5.74) is 8.53. The molecule has 0 radical (unpaired) electrons. The van der Waals surface area contributed by atoms with Crippen LogP contribution in [0.5, 0.6) is 5.75 Å². The van der Waals surface area contributed by atoms with Crippen LogP contribution in [0.4, 0.5) is 20.4 Å². The number of hydrogen-bond acceptors (Lipinski definition) is 9. The van der Waals surface area contributed by atoms with Crippen LogP contribution in [0.1, 0.15) is 12.0 Å². The number of ether oxygens (including phenoxy) is 1. The summed E-state index contributed by atoms with van der Waals surface area (Å²) in [6.07, 6.45) is 6.11. The maximum absolute atomic E-state index is 13.7. The summed E-state index contributed by atoms with van der Waals surface area (Å²) in [4.78, 5) is 20.2. The average Bonchev–Trinajstić information content (AvgIpc) is 3.53. The molecule has 1 fully saturated rings. The van der Waals surface area contributed by atoms with E-state index in [0.29, 0.717) is 59.5 Å². The molecule has 2 aromatic heterocycles. The maximum atomic E-state index is 13.7. The number of nitrogens with one attached hydrogen (secondary N) is 2. The number of fused-ring (bicyclic) bond motifs is 1. The normalized spacial score (nSPS) is 17.7. The second-order valence-corrected chi connectivity index (χ2v) is 10.2. The van der Waals surface area contributed by atoms with Gasteiger partial charge in [0.1, 0.15) is 11.6 Å². The summed E-state index contributed by atoms with van der Waals surface area (Å²) in [7, 11) is 4.19. The van der Waals surface area contributed by atoms with E-state index in [2.05, 4.69) is 49.9 Å². The molecule has 0 saturated heterocycles. The van der Waals surface area contributed by atoms with Gasteiger partial charge in [-0.15, -0.1) is 5.53 Å². The van der Waals surface area contributed by atoms with Gasteiger partial charge >= 0.3 is 0 Å². The molecule has 1 saturated carbocycles. The lowest BCUT2D eigenvalue weighted by atomic mass is 10.1. The number of anilines is 2. The Balaban J connectivity index is 1.12. The van der Waals surface area contributed by atoms with Crippen molar-refractivity contribution >= 4 is 11.6 Å². The number of hydrazine groups is 2. The quantitative estimate of drug-likeness (QED) is 0.329. The fourth-order valence-electron chi connectivity index (χ4n) is 4.73. The highest BCUT2D eigenvalue weighted by molar-refractivity contribution is 5.70. The summed E-state index contributed by atoms with van der Waals surface area (Å²) in [6, 6.07) is 11.2. The van der Waals surface area contributed by atoms with Crippen molar-refractivity contribution in [1.29, 1.82) is 0 Å². The maximum Gasteiger partial charge on any atom is 0.190 e.